The lowest BCUT2D eigenvalue weighted by Gasteiger charge is -2.38. The number of terminal acetylenes is 1. The third-order valence-corrected chi connectivity index (χ3v) is 4.01. The molecular weight excluding hydrogens is 296 g/mol. The third-order valence-electron chi connectivity index (χ3n) is 4.01. The second-order valence-corrected chi connectivity index (χ2v) is 5.65. The van der Waals surface area contributed by atoms with Crippen LogP contribution in [0.4, 0.5) is 5.69 Å². The minimum Gasteiger partial charge on any atom is -0.368 e. The lowest BCUT2D eigenvalue weighted by molar-refractivity contribution is -0.134. The van der Waals surface area contributed by atoms with E-state index in [4.69, 9.17) is 6.42 Å². The first-order chi connectivity index (χ1) is 11.1. The summed E-state index contributed by atoms with van der Waals surface area (Å²) in [4.78, 5) is 41.1. The van der Waals surface area contributed by atoms with Crippen LogP contribution in [-0.4, -0.2) is 41.8 Å². The number of pyridine rings is 1. The van der Waals surface area contributed by atoms with E-state index in [1.54, 1.807) is 18.3 Å². The van der Waals surface area contributed by atoms with Gasteiger partial charge in [0.15, 0.2) is 0 Å². The van der Waals surface area contributed by atoms with E-state index >= 15 is 0 Å². The Hall–Kier alpha value is -2.88. The highest BCUT2D eigenvalue weighted by atomic mass is 16.2. The van der Waals surface area contributed by atoms with E-state index in [1.165, 1.54) is 0 Å². The number of amides is 3. The molecule has 1 atom stereocenters. The fourth-order valence-corrected chi connectivity index (χ4v) is 2.57. The topological polar surface area (TPSA) is 91.4 Å². The van der Waals surface area contributed by atoms with Crippen LogP contribution in [0.2, 0.25) is 0 Å². The fraction of sp³-hybridized carbons (Fsp3) is 0.375. The van der Waals surface area contributed by atoms with E-state index < -0.39 is 17.9 Å². The van der Waals surface area contributed by atoms with E-state index in [0.29, 0.717) is 6.42 Å². The molecule has 23 heavy (non-hydrogen) atoms. The molecule has 1 aromatic heterocycles. The molecule has 0 aromatic carbocycles. The molecule has 2 N–H and O–H groups in total. The summed E-state index contributed by atoms with van der Waals surface area (Å²) in [7, 11) is 0. The Labute approximate surface area is 133 Å². The quantitative estimate of drug-likeness (QED) is 0.590. The standard InChI is InChI=1S/C16H16N4O3/c1-2-10-8-20(9-10)11-3-4-12(17-7-11)15(22)18-13-5-6-14(21)19-16(13)23/h1,3-4,7,10,13H,5-6,8-9H2,(H,18,22)(H,19,21,23). The van der Waals surface area contributed by atoms with Gasteiger partial charge in [0.25, 0.3) is 5.91 Å². The van der Waals surface area contributed by atoms with Gasteiger partial charge >= 0.3 is 0 Å². The predicted octanol–water partition coefficient (Wildman–Crippen LogP) is -0.314. The van der Waals surface area contributed by atoms with Crippen molar-refractivity contribution in [2.75, 3.05) is 18.0 Å². The summed E-state index contributed by atoms with van der Waals surface area (Å²) < 4.78 is 0. The number of rotatable bonds is 3. The Morgan fingerprint density at radius 1 is 1.39 bits per heavy atom. The van der Waals surface area contributed by atoms with Gasteiger partial charge in [0.1, 0.15) is 11.7 Å². The molecule has 2 aliphatic heterocycles. The maximum Gasteiger partial charge on any atom is 0.270 e. The molecule has 118 valence electrons. The molecule has 2 fully saturated rings. The summed E-state index contributed by atoms with van der Waals surface area (Å²) >= 11 is 0. The minimum absolute atomic E-state index is 0.217. The van der Waals surface area contributed by atoms with Crippen LogP contribution in [0, 0.1) is 18.3 Å². The normalized spacial score (nSPS) is 21.2. The van der Waals surface area contributed by atoms with Crippen LogP contribution in [0.3, 0.4) is 0 Å². The van der Waals surface area contributed by atoms with Crippen molar-refractivity contribution in [1.29, 1.82) is 0 Å². The SMILES string of the molecule is C#CC1CN(c2ccc(C(=O)NC3CCC(=O)NC3=O)nc2)C1. The second-order valence-electron chi connectivity index (χ2n) is 5.65. The predicted molar refractivity (Wildman–Crippen MR) is 82.4 cm³/mol. The number of carbonyl (C=O) groups is 3. The molecule has 0 saturated carbocycles. The van der Waals surface area contributed by atoms with Crippen LogP contribution in [0.15, 0.2) is 18.3 Å². The zero-order valence-electron chi connectivity index (χ0n) is 12.4. The minimum atomic E-state index is -0.701. The van der Waals surface area contributed by atoms with Crippen LogP contribution in [0.25, 0.3) is 0 Å². The molecule has 0 aliphatic carbocycles. The summed E-state index contributed by atoms with van der Waals surface area (Å²) in [5.74, 6) is 1.73. The van der Waals surface area contributed by atoms with Crippen molar-refractivity contribution < 1.29 is 14.4 Å². The molecule has 0 bridgehead atoms. The summed E-state index contributed by atoms with van der Waals surface area (Å²) in [5, 5.41) is 4.79. The fourth-order valence-electron chi connectivity index (χ4n) is 2.57. The zero-order chi connectivity index (χ0) is 16.4. The second kappa shape index (κ2) is 6.08. The van der Waals surface area contributed by atoms with Gasteiger partial charge in [0.2, 0.25) is 11.8 Å². The van der Waals surface area contributed by atoms with Gasteiger partial charge in [-0.2, -0.15) is 0 Å². The lowest BCUT2D eigenvalue weighted by Crippen LogP contribution is -2.52. The zero-order valence-corrected chi connectivity index (χ0v) is 12.4. The highest BCUT2D eigenvalue weighted by molar-refractivity contribution is 6.03. The summed E-state index contributed by atoms with van der Waals surface area (Å²) in [5.41, 5.74) is 1.14. The van der Waals surface area contributed by atoms with Crippen molar-refractivity contribution in [2.24, 2.45) is 5.92 Å². The molecule has 1 aromatic rings. The Balaban J connectivity index is 1.59. The largest absolute Gasteiger partial charge is 0.368 e. The van der Waals surface area contributed by atoms with Crippen molar-refractivity contribution in [3.63, 3.8) is 0 Å². The van der Waals surface area contributed by atoms with Crippen LogP contribution < -0.4 is 15.5 Å². The first kappa shape index (κ1) is 15.0. The van der Waals surface area contributed by atoms with Gasteiger partial charge in [0, 0.05) is 19.5 Å². The van der Waals surface area contributed by atoms with E-state index in [9.17, 15) is 14.4 Å². The molecule has 0 radical (unpaired) electrons. The maximum atomic E-state index is 12.1. The molecule has 2 aliphatic rings. The van der Waals surface area contributed by atoms with Crippen molar-refractivity contribution >= 4 is 23.4 Å². The van der Waals surface area contributed by atoms with Crippen LogP contribution in [0.1, 0.15) is 23.3 Å². The van der Waals surface area contributed by atoms with Gasteiger partial charge in [0.05, 0.1) is 17.8 Å². The van der Waals surface area contributed by atoms with Crippen molar-refractivity contribution in [3.05, 3.63) is 24.0 Å². The number of nitrogens with one attached hydrogen (secondary N) is 2. The number of piperidine rings is 1. The molecule has 7 heteroatoms. The molecule has 2 saturated heterocycles. The Morgan fingerprint density at radius 2 is 2.17 bits per heavy atom. The molecule has 7 nitrogen and oxygen atoms in total. The van der Waals surface area contributed by atoms with Gasteiger partial charge in [-0.1, -0.05) is 5.92 Å². The molecular formula is C16H16N4O3. The van der Waals surface area contributed by atoms with Gasteiger partial charge in [-0.15, -0.1) is 6.42 Å². The Bertz CT molecular complexity index is 686. The van der Waals surface area contributed by atoms with Gasteiger partial charge in [-0.3, -0.25) is 19.7 Å². The summed E-state index contributed by atoms with van der Waals surface area (Å²) in [6.45, 7) is 1.58. The summed E-state index contributed by atoms with van der Waals surface area (Å²) in [6, 6.07) is 2.72. The van der Waals surface area contributed by atoms with E-state index in [1.807, 2.05) is 0 Å². The smallest absolute Gasteiger partial charge is 0.270 e. The van der Waals surface area contributed by atoms with Gasteiger partial charge in [-0.25, -0.2) is 4.98 Å². The molecule has 3 rings (SSSR count). The average Bonchev–Trinajstić information content (AvgIpc) is 2.49. The maximum absolute atomic E-state index is 12.1. The first-order valence-corrected chi connectivity index (χ1v) is 7.38. The van der Waals surface area contributed by atoms with Crippen molar-refractivity contribution in [2.45, 2.75) is 18.9 Å². The molecule has 3 heterocycles. The highest BCUT2D eigenvalue weighted by Crippen LogP contribution is 2.23. The number of hydrogen-bond acceptors (Lipinski definition) is 5. The molecule has 1 unspecified atom stereocenters. The third kappa shape index (κ3) is 3.16. The number of aromatic nitrogens is 1. The van der Waals surface area contributed by atoms with Crippen LogP contribution in [-0.2, 0) is 9.59 Å². The number of nitrogens with zero attached hydrogens (tertiary/aromatic N) is 2. The average molecular weight is 312 g/mol. The summed E-state index contributed by atoms with van der Waals surface area (Å²) in [6.07, 6.45) is 7.48. The Kier molecular flexibility index (Phi) is 3.98. The number of hydrogen-bond donors (Lipinski definition) is 2. The van der Waals surface area contributed by atoms with E-state index in [-0.39, 0.29) is 23.9 Å². The monoisotopic (exact) mass is 312 g/mol. The molecule has 3 amide bonds. The van der Waals surface area contributed by atoms with Crippen molar-refractivity contribution in [3.8, 4) is 12.3 Å². The van der Waals surface area contributed by atoms with E-state index in [0.717, 1.165) is 18.8 Å². The molecule has 0 spiro atoms. The number of carbonyl (C=O) groups excluding carboxylic acids is 3. The lowest BCUT2D eigenvalue weighted by atomic mass is 10.0. The van der Waals surface area contributed by atoms with Gasteiger partial charge < -0.3 is 10.2 Å². The number of anilines is 1. The van der Waals surface area contributed by atoms with Crippen molar-refractivity contribution in [1.82, 2.24) is 15.6 Å². The highest BCUT2D eigenvalue weighted by Gasteiger charge is 2.29. The van der Waals surface area contributed by atoms with Crippen LogP contribution >= 0.6 is 0 Å². The van der Waals surface area contributed by atoms with Crippen LogP contribution in [0.5, 0.6) is 0 Å². The first-order valence-electron chi connectivity index (χ1n) is 7.38. The van der Waals surface area contributed by atoms with Gasteiger partial charge in [-0.05, 0) is 18.6 Å². The van der Waals surface area contributed by atoms with E-state index in [2.05, 4.69) is 26.4 Å². The Morgan fingerprint density at radius 3 is 2.78 bits per heavy atom. The number of imide groups is 1.